The van der Waals surface area contributed by atoms with Crippen LogP contribution in [-0.4, -0.2) is 12.6 Å². The molecule has 0 aromatic heterocycles. The average Bonchev–Trinajstić information content (AvgIpc) is 2.19. The third-order valence-electron chi connectivity index (χ3n) is 2.01. The molecule has 84 valence electrons. The van der Waals surface area contributed by atoms with E-state index in [0.717, 1.165) is 5.56 Å². The van der Waals surface area contributed by atoms with E-state index in [1.165, 1.54) is 6.07 Å². The zero-order valence-corrected chi connectivity index (χ0v) is 9.51. The van der Waals surface area contributed by atoms with Crippen molar-refractivity contribution in [1.82, 2.24) is 5.32 Å². The Labute approximate surface area is 90.4 Å². The Kier molecular flexibility index (Phi) is 4.56. The van der Waals surface area contributed by atoms with E-state index in [9.17, 15) is 4.39 Å². The molecular weight excluding hydrogens is 193 g/mol. The van der Waals surface area contributed by atoms with Crippen LogP contribution < -0.4 is 10.1 Å². The number of nitrogens with one attached hydrogen (secondary N) is 1. The summed E-state index contributed by atoms with van der Waals surface area (Å²) in [6.45, 7) is 7.13. The van der Waals surface area contributed by atoms with Gasteiger partial charge in [0.2, 0.25) is 0 Å². The number of hydrogen-bond donors (Lipinski definition) is 1. The molecule has 0 aliphatic heterocycles. The van der Waals surface area contributed by atoms with Crippen molar-refractivity contribution in [3.8, 4) is 5.75 Å². The number of halogens is 1. The SMILES string of the molecule is CCOc1ccc(CNC(C)C)cc1F. The Bertz CT molecular complexity index is 312. The third kappa shape index (κ3) is 3.88. The van der Waals surface area contributed by atoms with Crippen LogP contribution in [0.15, 0.2) is 18.2 Å². The second-order valence-corrected chi connectivity index (χ2v) is 3.73. The Morgan fingerprint density at radius 3 is 2.67 bits per heavy atom. The van der Waals surface area contributed by atoms with Gasteiger partial charge in [0.15, 0.2) is 11.6 Å². The van der Waals surface area contributed by atoms with Crippen molar-refractivity contribution < 1.29 is 9.13 Å². The summed E-state index contributed by atoms with van der Waals surface area (Å²) < 4.78 is 18.5. The van der Waals surface area contributed by atoms with Crippen molar-refractivity contribution in [2.24, 2.45) is 0 Å². The molecule has 3 heteroatoms. The lowest BCUT2D eigenvalue weighted by atomic mass is 10.2. The van der Waals surface area contributed by atoms with Gasteiger partial charge in [-0.1, -0.05) is 19.9 Å². The second-order valence-electron chi connectivity index (χ2n) is 3.73. The third-order valence-corrected chi connectivity index (χ3v) is 2.01. The van der Waals surface area contributed by atoms with Crippen LogP contribution in [0.5, 0.6) is 5.75 Å². The van der Waals surface area contributed by atoms with Crippen LogP contribution in [-0.2, 0) is 6.54 Å². The Balaban J connectivity index is 2.64. The van der Waals surface area contributed by atoms with Gasteiger partial charge in [-0.3, -0.25) is 0 Å². The fourth-order valence-electron chi connectivity index (χ4n) is 1.25. The van der Waals surface area contributed by atoms with E-state index in [1.807, 2.05) is 13.0 Å². The fourth-order valence-corrected chi connectivity index (χ4v) is 1.25. The van der Waals surface area contributed by atoms with E-state index < -0.39 is 0 Å². The van der Waals surface area contributed by atoms with E-state index in [0.29, 0.717) is 24.9 Å². The van der Waals surface area contributed by atoms with Gasteiger partial charge in [-0.05, 0) is 24.6 Å². The van der Waals surface area contributed by atoms with Crippen molar-refractivity contribution >= 4 is 0 Å². The van der Waals surface area contributed by atoms with Gasteiger partial charge in [-0.15, -0.1) is 0 Å². The topological polar surface area (TPSA) is 21.3 Å². The van der Waals surface area contributed by atoms with Crippen LogP contribution >= 0.6 is 0 Å². The molecule has 0 unspecified atom stereocenters. The smallest absolute Gasteiger partial charge is 0.165 e. The van der Waals surface area contributed by atoms with Gasteiger partial charge in [0.05, 0.1) is 6.61 Å². The molecule has 0 saturated carbocycles. The second kappa shape index (κ2) is 5.71. The maximum atomic E-state index is 13.4. The molecule has 0 amide bonds. The molecule has 1 aromatic carbocycles. The van der Waals surface area contributed by atoms with Gasteiger partial charge in [0.1, 0.15) is 0 Å². The van der Waals surface area contributed by atoms with Crippen molar-refractivity contribution in [3.63, 3.8) is 0 Å². The van der Waals surface area contributed by atoms with E-state index in [2.05, 4.69) is 19.2 Å². The first-order valence-electron chi connectivity index (χ1n) is 5.28. The highest BCUT2D eigenvalue weighted by Gasteiger charge is 2.04. The van der Waals surface area contributed by atoms with Crippen molar-refractivity contribution in [2.45, 2.75) is 33.4 Å². The molecule has 0 fully saturated rings. The lowest BCUT2D eigenvalue weighted by Crippen LogP contribution is -2.21. The Morgan fingerprint density at radius 2 is 2.13 bits per heavy atom. The first kappa shape index (κ1) is 12.0. The number of rotatable bonds is 5. The van der Waals surface area contributed by atoms with E-state index in [1.54, 1.807) is 6.07 Å². The largest absolute Gasteiger partial charge is 0.491 e. The summed E-state index contributed by atoms with van der Waals surface area (Å²) in [5.74, 6) is 0.0331. The molecule has 0 aliphatic rings. The van der Waals surface area contributed by atoms with Gasteiger partial charge in [0, 0.05) is 12.6 Å². The lowest BCUT2D eigenvalue weighted by Gasteiger charge is -2.09. The first-order valence-corrected chi connectivity index (χ1v) is 5.28. The quantitative estimate of drug-likeness (QED) is 0.808. The summed E-state index contributed by atoms with van der Waals surface area (Å²) in [4.78, 5) is 0. The van der Waals surface area contributed by atoms with Crippen LogP contribution in [0, 0.1) is 5.82 Å². The molecule has 0 atom stereocenters. The molecule has 0 spiro atoms. The fraction of sp³-hybridized carbons (Fsp3) is 0.500. The number of hydrogen-bond acceptors (Lipinski definition) is 2. The molecule has 0 radical (unpaired) electrons. The highest BCUT2D eigenvalue weighted by atomic mass is 19.1. The van der Waals surface area contributed by atoms with Gasteiger partial charge >= 0.3 is 0 Å². The highest BCUT2D eigenvalue weighted by molar-refractivity contribution is 5.29. The molecule has 15 heavy (non-hydrogen) atoms. The van der Waals surface area contributed by atoms with Crippen LogP contribution in [0.2, 0.25) is 0 Å². The summed E-state index contributed by atoms with van der Waals surface area (Å²) in [5.41, 5.74) is 0.935. The molecule has 1 aromatic rings. The van der Waals surface area contributed by atoms with Crippen molar-refractivity contribution in [1.29, 1.82) is 0 Å². The van der Waals surface area contributed by atoms with Gasteiger partial charge in [-0.2, -0.15) is 0 Å². The van der Waals surface area contributed by atoms with Gasteiger partial charge < -0.3 is 10.1 Å². The van der Waals surface area contributed by atoms with Gasteiger partial charge in [-0.25, -0.2) is 4.39 Å². The predicted molar refractivity (Wildman–Crippen MR) is 59.5 cm³/mol. The molecule has 1 rings (SSSR count). The molecule has 0 saturated heterocycles. The predicted octanol–water partition coefficient (Wildman–Crippen LogP) is 2.72. The maximum Gasteiger partial charge on any atom is 0.165 e. The van der Waals surface area contributed by atoms with Crippen LogP contribution in [0.3, 0.4) is 0 Å². The van der Waals surface area contributed by atoms with Crippen molar-refractivity contribution in [3.05, 3.63) is 29.6 Å². The summed E-state index contributed by atoms with van der Waals surface area (Å²) in [5, 5.41) is 3.23. The first-order chi connectivity index (χ1) is 7.13. The molecule has 1 N–H and O–H groups in total. The summed E-state index contributed by atoms with van der Waals surface area (Å²) in [6, 6.07) is 5.47. The molecule has 0 heterocycles. The standard InChI is InChI=1S/C12H18FNO/c1-4-15-12-6-5-10(7-11(12)13)8-14-9(2)3/h5-7,9,14H,4,8H2,1-3H3. The number of benzene rings is 1. The molecule has 2 nitrogen and oxygen atoms in total. The molecular formula is C12H18FNO. The number of ether oxygens (including phenoxy) is 1. The average molecular weight is 211 g/mol. The monoisotopic (exact) mass is 211 g/mol. The minimum Gasteiger partial charge on any atom is -0.491 e. The maximum absolute atomic E-state index is 13.4. The van der Waals surface area contributed by atoms with Crippen LogP contribution in [0.4, 0.5) is 4.39 Å². The highest BCUT2D eigenvalue weighted by Crippen LogP contribution is 2.18. The van der Waals surface area contributed by atoms with Crippen LogP contribution in [0.25, 0.3) is 0 Å². The minimum atomic E-state index is -0.292. The molecule has 0 aliphatic carbocycles. The van der Waals surface area contributed by atoms with E-state index in [4.69, 9.17) is 4.74 Å². The van der Waals surface area contributed by atoms with Gasteiger partial charge in [0.25, 0.3) is 0 Å². The van der Waals surface area contributed by atoms with E-state index >= 15 is 0 Å². The zero-order valence-electron chi connectivity index (χ0n) is 9.51. The Morgan fingerprint density at radius 1 is 1.40 bits per heavy atom. The van der Waals surface area contributed by atoms with Crippen molar-refractivity contribution in [2.75, 3.05) is 6.61 Å². The zero-order chi connectivity index (χ0) is 11.3. The summed E-state index contributed by atoms with van der Waals surface area (Å²) in [7, 11) is 0. The molecule has 0 bridgehead atoms. The summed E-state index contributed by atoms with van der Waals surface area (Å²) >= 11 is 0. The summed E-state index contributed by atoms with van der Waals surface area (Å²) in [6.07, 6.45) is 0. The van der Waals surface area contributed by atoms with E-state index in [-0.39, 0.29) is 5.82 Å². The van der Waals surface area contributed by atoms with Crippen LogP contribution in [0.1, 0.15) is 26.3 Å². The lowest BCUT2D eigenvalue weighted by molar-refractivity contribution is 0.321. The minimum absolute atomic E-state index is 0.292. The Hall–Kier alpha value is -1.09. The normalized spacial score (nSPS) is 10.7.